The van der Waals surface area contributed by atoms with Crippen molar-refractivity contribution in [3.8, 4) is 0 Å². The average Bonchev–Trinajstić information content (AvgIpc) is 3.03. The highest BCUT2D eigenvalue weighted by molar-refractivity contribution is 7.14. The van der Waals surface area contributed by atoms with Crippen LogP contribution in [0.3, 0.4) is 0 Å². The Kier molecular flexibility index (Phi) is 5.10. The van der Waals surface area contributed by atoms with E-state index < -0.39 is 5.92 Å². The summed E-state index contributed by atoms with van der Waals surface area (Å²) in [6, 6.07) is 9.14. The van der Waals surface area contributed by atoms with Gasteiger partial charge in [0, 0.05) is 23.4 Å². The molecule has 0 saturated carbocycles. The molecule has 3 rings (SSSR count). The van der Waals surface area contributed by atoms with Crippen molar-refractivity contribution >= 4 is 46.1 Å². The lowest BCUT2D eigenvalue weighted by Crippen LogP contribution is -2.24. The molecule has 0 spiro atoms. The maximum absolute atomic E-state index is 12.1. The zero-order chi connectivity index (χ0) is 17.6. The molecule has 126 valence electrons. The van der Waals surface area contributed by atoms with Crippen LogP contribution in [0.1, 0.15) is 5.69 Å². The summed E-state index contributed by atoms with van der Waals surface area (Å²) in [6.07, 6.45) is 4.14. The average molecular weight is 354 g/mol. The smallest absolute Gasteiger partial charge is 0.269 e. The molecule has 1 aliphatic rings. The molecule has 0 bridgehead atoms. The fourth-order valence-corrected chi connectivity index (χ4v) is 2.83. The minimum atomic E-state index is -0.605. The number of carbonyl (C=O) groups excluding carboxylic acids is 3. The van der Waals surface area contributed by atoms with Crippen molar-refractivity contribution in [2.75, 3.05) is 10.6 Å². The second-order valence-corrected chi connectivity index (χ2v) is 6.08. The van der Waals surface area contributed by atoms with Crippen LogP contribution >= 0.6 is 11.3 Å². The zero-order valence-electron chi connectivity index (χ0n) is 13.0. The number of nitrogens with one attached hydrogen (secondary N) is 2. The molecule has 3 amide bonds. The van der Waals surface area contributed by atoms with E-state index in [0.717, 1.165) is 0 Å². The Morgan fingerprint density at radius 2 is 1.96 bits per heavy atom. The number of nitrogens with zero attached hydrogens (tertiary/aromatic N) is 2. The molecule has 0 fully saturated rings. The number of dihydropyridines is 1. The van der Waals surface area contributed by atoms with Gasteiger partial charge in [0.25, 0.3) is 5.91 Å². The highest BCUT2D eigenvalue weighted by Gasteiger charge is 2.18. The molecule has 2 N–H and O–H groups in total. The third-order valence-electron chi connectivity index (χ3n) is 3.29. The van der Waals surface area contributed by atoms with Crippen LogP contribution in [0, 0.1) is 5.92 Å². The quantitative estimate of drug-likeness (QED) is 0.858. The van der Waals surface area contributed by atoms with Gasteiger partial charge in [-0.1, -0.05) is 24.3 Å². The van der Waals surface area contributed by atoms with Crippen LogP contribution in [0.15, 0.2) is 52.9 Å². The van der Waals surface area contributed by atoms with E-state index in [4.69, 9.17) is 0 Å². The number of hydrogen-bond donors (Lipinski definition) is 2. The van der Waals surface area contributed by atoms with Gasteiger partial charge in [0.05, 0.1) is 18.0 Å². The van der Waals surface area contributed by atoms with Gasteiger partial charge in [-0.2, -0.15) is 0 Å². The summed E-state index contributed by atoms with van der Waals surface area (Å²) in [5, 5.41) is 7.54. The Bertz CT molecular complexity index is 842. The fourth-order valence-electron chi connectivity index (χ4n) is 2.11. The normalized spacial score (nSPS) is 15.8. The number of rotatable bonds is 5. The standard InChI is InChI=1S/C17H14N4O3S/c22-14-7-6-11(9-18-14)16(24)21-17-20-13(10-25-17)8-15(23)19-12-4-2-1-3-5-12/h1-7,9-11H,8H2,(H,19,23)(H,20,21,24). The third-order valence-corrected chi connectivity index (χ3v) is 4.10. The van der Waals surface area contributed by atoms with Crippen LogP contribution in [-0.4, -0.2) is 28.9 Å². The van der Waals surface area contributed by atoms with Gasteiger partial charge < -0.3 is 10.6 Å². The Hall–Kier alpha value is -3.13. The molecule has 1 aliphatic heterocycles. The van der Waals surface area contributed by atoms with Gasteiger partial charge in [0.1, 0.15) is 0 Å². The van der Waals surface area contributed by atoms with Gasteiger partial charge in [0.2, 0.25) is 11.8 Å². The second kappa shape index (κ2) is 7.63. The lowest BCUT2D eigenvalue weighted by Gasteiger charge is -2.08. The van der Waals surface area contributed by atoms with Crippen LogP contribution in [0.2, 0.25) is 0 Å². The van der Waals surface area contributed by atoms with E-state index in [2.05, 4.69) is 20.6 Å². The summed E-state index contributed by atoms with van der Waals surface area (Å²) < 4.78 is 0. The largest absolute Gasteiger partial charge is 0.326 e. The molecular weight excluding hydrogens is 340 g/mol. The first-order valence-electron chi connectivity index (χ1n) is 7.47. The number of carbonyl (C=O) groups is 3. The number of benzene rings is 1. The van der Waals surface area contributed by atoms with Crippen LogP contribution in [0.4, 0.5) is 10.8 Å². The minimum absolute atomic E-state index is 0.112. The molecule has 0 aliphatic carbocycles. The number of thiazole rings is 1. The predicted molar refractivity (Wildman–Crippen MR) is 95.6 cm³/mol. The van der Waals surface area contributed by atoms with E-state index in [0.29, 0.717) is 16.5 Å². The van der Waals surface area contributed by atoms with Gasteiger partial charge in [0.15, 0.2) is 5.13 Å². The van der Waals surface area contributed by atoms with Crippen LogP contribution in [0.5, 0.6) is 0 Å². The highest BCUT2D eigenvalue weighted by atomic mass is 32.1. The minimum Gasteiger partial charge on any atom is -0.326 e. The fraction of sp³-hybridized carbons (Fsp3) is 0.118. The van der Waals surface area contributed by atoms with E-state index in [1.807, 2.05) is 18.2 Å². The molecule has 1 aromatic carbocycles. The third kappa shape index (κ3) is 4.67. The first-order valence-corrected chi connectivity index (χ1v) is 8.34. The summed E-state index contributed by atoms with van der Waals surface area (Å²) in [6.45, 7) is 0. The molecule has 0 radical (unpaired) electrons. The van der Waals surface area contributed by atoms with E-state index in [1.54, 1.807) is 17.5 Å². The second-order valence-electron chi connectivity index (χ2n) is 5.23. The summed E-state index contributed by atoms with van der Waals surface area (Å²) in [4.78, 5) is 42.8. The van der Waals surface area contributed by atoms with Crippen LogP contribution in [0.25, 0.3) is 0 Å². The molecule has 2 heterocycles. The van der Waals surface area contributed by atoms with Gasteiger partial charge >= 0.3 is 0 Å². The van der Waals surface area contributed by atoms with E-state index in [9.17, 15) is 14.4 Å². The molecule has 0 saturated heterocycles. The summed E-state index contributed by atoms with van der Waals surface area (Å²) in [5.74, 6) is -1.51. The van der Waals surface area contributed by atoms with E-state index in [1.165, 1.54) is 29.7 Å². The molecule has 25 heavy (non-hydrogen) atoms. The van der Waals surface area contributed by atoms with Gasteiger partial charge in [-0.05, 0) is 12.1 Å². The topological polar surface area (TPSA) is 101 Å². The number of amides is 3. The molecule has 2 aromatic rings. The molecule has 8 heteroatoms. The predicted octanol–water partition coefficient (Wildman–Crippen LogP) is 2.05. The molecule has 1 atom stereocenters. The van der Waals surface area contributed by atoms with Gasteiger partial charge in [-0.3, -0.25) is 14.4 Å². The van der Waals surface area contributed by atoms with Crippen molar-refractivity contribution in [1.82, 2.24) is 4.98 Å². The first-order chi connectivity index (χ1) is 12.1. The summed E-state index contributed by atoms with van der Waals surface area (Å²) >= 11 is 1.23. The maximum Gasteiger partial charge on any atom is 0.269 e. The Balaban J connectivity index is 1.54. The van der Waals surface area contributed by atoms with Crippen molar-refractivity contribution in [3.05, 3.63) is 53.6 Å². The number of hydrogen-bond acceptors (Lipinski definition) is 5. The number of anilines is 2. The van der Waals surface area contributed by atoms with Crippen molar-refractivity contribution < 1.29 is 14.4 Å². The lowest BCUT2D eigenvalue weighted by molar-refractivity contribution is -0.117. The summed E-state index contributed by atoms with van der Waals surface area (Å²) in [7, 11) is 0. The Labute approximate surface area is 147 Å². The zero-order valence-corrected chi connectivity index (χ0v) is 13.8. The van der Waals surface area contributed by atoms with Crippen molar-refractivity contribution in [2.24, 2.45) is 10.9 Å². The number of para-hydroxylation sites is 1. The van der Waals surface area contributed by atoms with Crippen molar-refractivity contribution in [1.29, 1.82) is 0 Å². The summed E-state index contributed by atoms with van der Waals surface area (Å²) in [5.41, 5.74) is 1.28. The Morgan fingerprint density at radius 1 is 1.16 bits per heavy atom. The molecule has 1 unspecified atom stereocenters. The highest BCUT2D eigenvalue weighted by Crippen LogP contribution is 2.18. The molecule has 7 nitrogen and oxygen atoms in total. The van der Waals surface area contributed by atoms with Crippen molar-refractivity contribution in [2.45, 2.75) is 6.42 Å². The number of aliphatic imine (C=N–C) groups is 1. The maximum atomic E-state index is 12.1. The Morgan fingerprint density at radius 3 is 2.68 bits per heavy atom. The monoisotopic (exact) mass is 354 g/mol. The van der Waals surface area contributed by atoms with E-state index >= 15 is 0 Å². The molecular formula is C17H14N4O3S. The SMILES string of the molecule is O=C1C=CC(C(=O)Nc2nc(CC(=O)Nc3ccccc3)cs2)C=N1. The lowest BCUT2D eigenvalue weighted by atomic mass is 10.1. The van der Waals surface area contributed by atoms with Gasteiger partial charge in [-0.15, -0.1) is 11.3 Å². The van der Waals surface area contributed by atoms with Gasteiger partial charge in [-0.25, -0.2) is 9.98 Å². The van der Waals surface area contributed by atoms with Crippen molar-refractivity contribution in [3.63, 3.8) is 0 Å². The molecule has 1 aromatic heterocycles. The van der Waals surface area contributed by atoms with Crippen LogP contribution in [-0.2, 0) is 20.8 Å². The first kappa shape index (κ1) is 16.7. The van der Waals surface area contributed by atoms with Crippen LogP contribution < -0.4 is 10.6 Å². The van der Waals surface area contributed by atoms with E-state index in [-0.39, 0.29) is 24.1 Å². The number of aromatic nitrogens is 1.